The average Bonchev–Trinajstić information content (AvgIpc) is 2.18. The van der Waals surface area contributed by atoms with Gasteiger partial charge in [0.05, 0.1) is 7.11 Å². The maximum Gasteiger partial charge on any atom is 0.510 e. The van der Waals surface area contributed by atoms with Crippen LogP contribution in [0.5, 0.6) is 0 Å². The third-order valence-corrected chi connectivity index (χ3v) is 2.09. The lowest BCUT2D eigenvalue weighted by Crippen LogP contribution is -2.39. The highest BCUT2D eigenvalue weighted by atomic mass is 19.4. The minimum absolute atomic E-state index is 0.0378. The quantitative estimate of drug-likeness (QED) is 0.445. The number of methoxy groups -OCH3 is 1. The van der Waals surface area contributed by atoms with E-state index in [4.69, 9.17) is 0 Å². The first-order valence-electron chi connectivity index (χ1n) is 4.35. The molecule has 0 fully saturated rings. The molecule has 0 saturated heterocycles. The van der Waals surface area contributed by atoms with Crippen molar-refractivity contribution in [3.05, 3.63) is 29.1 Å². The molecule has 0 aliphatic heterocycles. The van der Waals surface area contributed by atoms with Crippen molar-refractivity contribution >= 4 is 18.4 Å². The minimum atomic E-state index is -5.45. The summed E-state index contributed by atoms with van der Waals surface area (Å²) in [6.07, 6.45) is 0. The van der Waals surface area contributed by atoms with Gasteiger partial charge in [-0.05, 0) is 18.6 Å². The predicted molar refractivity (Wildman–Crippen MR) is 51.2 cm³/mol. The van der Waals surface area contributed by atoms with Crippen molar-refractivity contribution in [3.63, 3.8) is 0 Å². The molecule has 0 heterocycles. The summed E-state index contributed by atoms with van der Waals surface area (Å²) in [5, 5.41) is 0. The number of carbonyl (C=O) groups is 1. The number of carbonyl (C=O) groups excluding carboxylic acids is 1. The molecule has 16 heavy (non-hydrogen) atoms. The second-order valence-electron chi connectivity index (χ2n) is 3.25. The molecule has 0 bridgehead atoms. The molecule has 0 aromatic heterocycles. The van der Waals surface area contributed by atoms with Crippen molar-refractivity contribution in [1.29, 1.82) is 0 Å². The highest BCUT2D eigenvalue weighted by Crippen LogP contribution is 2.16. The summed E-state index contributed by atoms with van der Waals surface area (Å²) in [6.45, 7) is -4.18. The summed E-state index contributed by atoms with van der Waals surface area (Å²) < 4.78 is 54.9. The molecular formula is C9H8BF4O2-. The van der Waals surface area contributed by atoms with Crippen LogP contribution in [0.1, 0.15) is 15.9 Å². The number of hydrogen-bond acceptors (Lipinski definition) is 2. The maximum atomic E-state index is 13.0. The summed E-state index contributed by atoms with van der Waals surface area (Å²) in [5.74, 6) is -2.13. The fraction of sp³-hybridized carbons (Fsp3) is 0.222. The first-order valence-corrected chi connectivity index (χ1v) is 4.35. The van der Waals surface area contributed by atoms with Crippen molar-refractivity contribution in [1.82, 2.24) is 0 Å². The van der Waals surface area contributed by atoms with E-state index >= 15 is 0 Å². The first kappa shape index (κ1) is 12.5. The standard InChI is InChI=1S/C9H8BF4O2/c1-5-3-6(9(15)16-2)7(4-8(5)11)10(12,13)14/h3-4H,1-2H3/q-1. The first-order chi connectivity index (χ1) is 7.27. The highest BCUT2D eigenvalue weighted by molar-refractivity contribution is 6.74. The Hall–Kier alpha value is -1.53. The highest BCUT2D eigenvalue weighted by Gasteiger charge is 2.31. The molecule has 0 saturated carbocycles. The van der Waals surface area contributed by atoms with Crippen molar-refractivity contribution in [3.8, 4) is 0 Å². The van der Waals surface area contributed by atoms with Gasteiger partial charge >= 0.3 is 12.9 Å². The Morgan fingerprint density at radius 3 is 2.31 bits per heavy atom. The summed E-state index contributed by atoms with van der Waals surface area (Å²) in [6, 6.07) is 1.16. The molecule has 1 rings (SSSR count). The zero-order chi connectivity index (χ0) is 12.5. The number of rotatable bonds is 2. The number of benzene rings is 1. The molecule has 0 aliphatic carbocycles. The lowest BCUT2D eigenvalue weighted by Gasteiger charge is -2.19. The van der Waals surface area contributed by atoms with Crippen LogP contribution in [0.3, 0.4) is 0 Å². The Morgan fingerprint density at radius 2 is 1.88 bits per heavy atom. The van der Waals surface area contributed by atoms with Crippen LogP contribution in [0.15, 0.2) is 12.1 Å². The van der Waals surface area contributed by atoms with E-state index in [1.807, 2.05) is 0 Å². The van der Waals surface area contributed by atoms with Crippen LogP contribution in [0.2, 0.25) is 0 Å². The van der Waals surface area contributed by atoms with Gasteiger partial charge in [-0.2, -0.15) is 0 Å². The average molecular weight is 235 g/mol. The van der Waals surface area contributed by atoms with Gasteiger partial charge in [-0.1, -0.05) is 11.5 Å². The molecule has 1 aromatic rings. The molecule has 0 amide bonds. The summed E-state index contributed by atoms with van der Waals surface area (Å²) in [7, 11) is 0.966. The normalized spacial score (nSPS) is 11.4. The third kappa shape index (κ3) is 2.34. The number of hydrogen-bond donors (Lipinski definition) is 0. The fourth-order valence-corrected chi connectivity index (χ4v) is 1.25. The van der Waals surface area contributed by atoms with E-state index in [9.17, 15) is 22.1 Å². The van der Waals surface area contributed by atoms with Gasteiger partial charge in [0.2, 0.25) is 0 Å². The molecule has 0 atom stereocenters. The predicted octanol–water partition coefficient (Wildman–Crippen LogP) is 1.98. The van der Waals surface area contributed by atoms with E-state index in [2.05, 4.69) is 4.74 Å². The number of aryl methyl sites for hydroxylation is 1. The van der Waals surface area contributed by atoms with Crippen LogP contribution < -0.4 is 5.46 Å². The third-order valence-electron chi connectivity index (χ3n) is 2.09. The van der Waals surface area contributed by atoms with Gasteiger partial charge < -0.3 is 17.7 Å². The molecule has 0 radical (unpaired) electrons. The number of esters is 1. The Labute approximate surface area is 89.3 Å². The molecule has 0 N–H and O–H groups in total. The smallest absolute Gasteiger partial charge is 0.465 e. The Balaban J connectivity index is 3.45. The van der Waals surface area contributed by atoms with Crippen LogP contribution in [-0.4, -0.2) is 20.1 Å². The molecule has 2 nitrogen and oxygen atoms in total. The molecular weight excluding hydrogens is 227 g/mol. The molecule has 0 unspecified atom stereocenters. The lowest BCUT2D eigenvalue weighted by atomic mass is 9.76. The number of halogens is 4. The van der Waals surface area contributed by atoms with Crippen molar-refractivity contribution < 1.29 is 26.9 Å². The van der Waals surface area contributed by atoms with Gasteiger partial charge in [-0.25, -0.2) is 9.18 Å². The summed E-state index contributed by atoms with van der Waals surface area (Å²) in [4.78, 5) is 11.1. The topological polar surface area (TPSA) is 26.3 Å². The zero-order valence-corrected chi connectivity index (χ0v) is 8.56. The largest absolute Gasteiger partial charge is 0.510 e. The van der Waals surface area contributed by atoms with Gasteiger partial charge in [-0.15, -0.1) is 0 Å². The molecule has 0 aliphatic rings. The Morgan fingerprint density at radius 1 is 1.31 bits per heavy atom. The van der Waals surface area contributed by atoms with Crippen molar-refractivity contribution in [2.24, 2.45) is 0 Å². The van der Waals surface area contributed by atoms with Gasteiger partial charge in [0.25, 0.3) is 0 Å². The van der Waals surface area contributed by atoms with Crippen molar-refractivity contribution in [2.45, 2.75) is 6.92 Å². The van der Waals surface area contributed by atoms with Crippen LogP contribution in [0.25, 0.3) is 0 Å². The second-order valence-corrected chi connectivity index (χ2v) is 3.25. The van der Waals surface area contributed by atoms with Crippen LogP contribution in [-0.2, 0) is 4.74 Å². The lowest BCUT2D eigenvalue weighted by molar-refractivity contribution is 0.0601. The van der Waals surface area contributed by atoms with E-state index in [1.54, 1.807) is 0 Å². The van der Waals surface area contributed by atoms with E-state index < -0.39 is 29.8 Å². The monoisotopic (exact) mass is 235 g/mol. The molecule has 88 valence electrons. The fourth-order valence-electron chi connectivity index (χ4n) is 1.25. The van der Waals surface area contributed by atoms with E-state index in [0.29, 0.717) is 6.07 Å². The van der Waals surface area contributed by atoms with E-state index in [-0.39, 0.29) is 5.56 Å². The van der Waals surface area contributed by atoms with Gasteiger partial charge in [0, 0.05) is 5.56 Å². The van der Waals surface area contributed by atoms with Crippen LogP contribution in [0, 0.1) is 12.7 Å². The summed E-state index contributed by atoms with van der Waals surface area (Å²) >= 11 is 0. The zero-order valence-electron chi connectivity index (χ0n) is 8.56. The van der Waals surface area contributed by atoms with Crippen LogP contribution >= 0.6 is 0 Å². The van der Waals surface area contributed by atoms with E-state index in [1.165, 1.54) is 6.92 Å². The van der Waals surface area contributed by atoms with Gasteiger partial charge in [-0.3, -0.25) is 0 Å². The maximum absolute atomic E-state index is 13.0. The second kappa shape index (κ2) is 4.15. The minimum Gasteiger partial charge on any atom is -0.465 e. The summed E-state index contributed by atoms with van der Waals surface area (Å²) in [5.41, 5.74) is -1.96. The van der Waals surface area contributed by atoms with Gasteiger partial charge in [0.1, 0.15) is 5.82 Å². The SMILES string of the molecule is COC(=O)c1cc(C)c(F)cc1[B-](F)(F)F. The van der Waals surface area contributed by atoms with Gasteiger partial charge in [0.15, 0.2) is 0 Å². The molecule has 1 aromatic carbocycles. The number of ether oxygens (including phenoxy) is 1. The van der Waals surface area contributed by atoms with E-state index in [0.717, 1.165) is 13.2 Å². The van der Waals surface area contributed by atoms with Crippen LogP contribution in [0.4, 0.5) is 17.3 Å². The molecule has 7 heteroatoms. The molecule has 0 spiro atoms. The van der Waals surface area contributed by atoms with Crippen molar-refractivity contribution in [2.75, 3.05) is 7.11 Å². The Kier molecular flexibility index (Phi) is 3.25. The Bertz CT molecular complexity index is 428.